The van der Waals surface area contributed by atoms with Crippen molar-refractivity contribution >= 4 is 11.8 Å². The third-order valence-corrected chi connectivity index (χ3v) is 5.40. The lowest BCUT2D eigenvalue weighted by molar-refractivity contribution is -0.141. The number of carbonyl (C=O) groups excluding carboxylic acids is 2. The molecule has 2 amide bonds. The molecule has 2 aliphatic rings. The summed E-state index contributed by atoms with van der Waals surface area (Å²) in [6, 6.07) is 11.6. The molecule has 27 heavy (non-hydrogen) atoms. The van der Waals surface area contributed by atoms with Crippen LogP contribution in [0.3, 0.4) is 0 Å². The Morgan fingerprint density at radius 1 is 0.926 bits per heavy atom. The van der Waals surface area contributed by atoms with Crippen molar-refractivity contribution in [2.75, 3.05) is 39.4 Å². The smallest absolute Gasteiger partial charge is 0.253 e. The molecule has 0 unspecified atom stereocenters. The molecule has 0 radical (unpaired) electrons. The summed E-state index contributed by atoms with van der Waals surface area (Å²) in [7, 11) is 0. The minimum Gasteiger partial charge on any atom is -0.378 e. The number of nitrogens with zero attached hydrogens (tertiary/aromatic N) is 3. The molecular weight excluding hydrogens is 342 g/mol. The van der Waals surface area contributed by atoms with Gasteiger partial charge in [0.25, 0.3) is 5.91 Å². The summed E-state index contributed by atoms with van der Waals surface area (Å²) in [5, 5.41) is 0. The minimum absolute atomic E-state index is 0.00790. The Labute approximate surface area is 159 Å². The van der Waals surface area contributed by atoms with E-state index < -0.39 is 0 Å². The highest BCUT2D eigenvalue weighted by molar-refractivity contribution is 5.95. The number of rotatable bonds is 3. The predicted octanol–water partition coefficient (Wildman–Crippen LogP) is 2.19. The van der Waals surface area contributed by atoms with E-state index in [-0.39, 0.29) is 17.7 Å². The van der Waals surface area contributed by atoms with Crippen molar-refractivity contribution in [3.05, 3.63) is 54.4 Å². The largest absolute Gasteiger partial charge is 0.378 e. The number of hydrogen-bond acceptors (Lipinski definition) is 3. The molecule has 2 aromatic rings. The van der Waals surface area contributed by atoms with Gasteiger partial charge >= 0.3 is 0 Å². The molecule has 2 aliphatic heterocycles. The topological polar surface area (TPSA) is 54.8 Å². The Morgan fingerprint density at radius 3 is 2.33 bits per heavy atom. The Balaban J connectivity index is 1.41. The number of morpholine rings is 1. The summed E-state index contributed by atoms with van der Waals surface area (Å²) < 4.78 is 7.34. The quantitative estimate of drug-likeness (QED) is 0.836. The first-order valence-corrected chi connectivity index (χ1v) is 9.61. The van der Waals surface area contributed by atoms with E-state index in [1.165, 1.54) is 0 Å². The second-order valence-corrected chi connectivity index (χ2v) is 7.17. The van der Waals surface area contributed by atoms with E-state index in [1.54, 1.807) is 0 Å². The molecule has 2 fully saturated rings. The molecular formula is C21H25N3O3. The average molecular weight is 367 g/mol. The van der Waals surface area contributed by atoms with Crippen LogP contribution in [0, 0.1) is 5.92 Å². The Morgan fingerprint density at radius 2 is 1.63 bits per heavy atom. The molecule has 6 nitrogen and oxygen atoms in total. The Kier molecular flexibility index (Phi) is 5.25. The van der Waals surface area contributed by atoms with Gasteiger partial charge in [-0.1, -0.05) is 0 Å². The van der Waals surface area contributed by atoms with E-state index in [4.69, 9.17) is 4.74 Å². The van der Waals surface area contributed by atoms with Gasteiger partial charge in [-0.05, 0) is 49.2 Å². The van der Waals surface area contributed by atoms with Gasteiger partial charge in [-0.15, -0.1) is 0 Å². The molecule has 1 atom stereocenters. The first-order chi connectivity index (χ1) is 13.2. The summed E-state index contributed by atoms with van der Waals surface area (Å²) in [6.45, 7) is 3.75. The lowest BCUT2D eigenvalue weighted by atomic mass is 9.95. The molecule has 0 saturated carbocycles. The van der Waals surface area contributed by atoms with Crippen LogP contribution in [0.5, 0.6) is 0 Å². The fraction of sp³-hybridized carbons (Fsp3) is 0.429. The minimum atomic E-state index is -0.0973. The summed E-state index contributed by atoms with van der Waals surface area (Å²) in [4.78, 5) is 29.4. The van der Waals surface area contributed by atoms with Gasteiger partial charge in [0.1, 0.15) is 0 Å². The SMILES string of the molecule is O=C(c1ccc(-n2cccc2)cc1)N1CCC[C@@H](C(=O)N2CCOCC2)C1. The standard InChI is InChI=1S/C21H25N3O3/c25-20(17-5-7-19(8-6-17)22-9-1-2-10-22)24-11-3-4-18(16-24)21(26)23-12-14-27-15-13-23/h1-2,5-10,18H,3-4,11-16H2/t18-/m1/s1. The first kappa shape index (κ1) is 17.8. The zero-order chi connectivity index (χ0) is 18.6. The summed E-state index contributed by atoms with van der Waals surface area (Å²) in [5.41, 5.74) is 1.70. The van der Waals surface area contributed by atoms with Crippen molar-refractivity contribution in [3.63, 3.8) is 0 Å². The van der Waals surface area contributed by atoms with E-state index in [9.17, 15) is 9.59 Å². The summed E-state index contributed by atoms with van der Waals surface area (Å²) in [6.07, 6.45) is 5.67. The molecule has 1 aromatic heterocycles. The third kappa shape index (κ3) is 3.90. The zero-order valence-corrected chi connectivity index (χ0v) is 15.4. The lowest BCUT2D eigenvalue weighted by Crippen LogP contribution is -2.49. The maximum absolute atomic E-state index is 12.9. The monoisotopic (exact) mass is 367 g/mol. The van der Waals surface area contributed by atoms with Crippen LogP contribution in [0.2, 0.25) is 0 Å². The van der Waals surface area contributed by atoms with Crippen LogP contribution in [-0.2, 0) is 9.53 Å². The van der Waals surface area contributed by atoms with Crippen molar-refractivity contribution in [2.24, 2.45) is 5.92 Å². The third-order valence-electron chi connectivity index (χ3n) is 5.40. The van der Waals surface area contributed by atoms with E-state index in [1.807, 2.05) is 63.2 Å². The maximum Gasteiger partial charge on any atom is 0.253 e. The van der Waals surface area contributed by atoms with Gasteiger partial charge < -0.3 is 19.1 Å². The number of carbonyl (C=O) groups is 2. The number of benzene rings is 1. The fourth-order valence-corrected chi connectivity index (χ4v) is 3.87. The average Bonchev–Trinajstić information content (AvgIpc) is 3.28. The van der Waals surface area contributed by atoms with Crippen molar-refractivity contribution in [3.8, 4) is 5.69 Å². The van der Waals surface area contributed by atoms with Gasteiger partial charge in [-0.2, -0.15) is 0 Å². The van der Waals surface area contributed by atoms with Crippen molar-refractivity contribution < 1.29 is 14.3 Å². The predicted molar refractivity (Wildman–Crippen MR) is 102 cm³/mol. The number of likely N-dealkylation sites (tertiary alicyclic amines) is 1. The molecule has 2 saturated heterocycles. The molecule has 4 rings (SSSR count). The maximum atomic E-state index is 12.9. The van der Waals surface area contributed by atoms with Crippen LogP contribution in [0.4, 0.5) is 0 Å². The molecule has 6 heteroatoms. The van der Waals surface area contributed by atoms with E-state index >= 15 is 0 Å². The summed E-state index contributed by atoms with van der Waals surface area (Å²) in [5.74, 6) is 0.0761. The van der Waals surface area contributed by atoms with Crippen molar-refractivity contribution in [1.29, 1.82) is 0 Å². The van der Waals surface area contributed by atoms with Gasteiger partial charge in [-0.25, -0.2) is 0 Å². The highest BCUT2D eigenvalue weighted by Crippen LogP contribution is 2.22. The number of piperidine rings is 1. The van der Waals surface area contributed by atoms with Crippen LogP contribution in [0.1, 0.15) is 23.2 Å². The molecule has 142 valence electrons. The fourth-order valence-electron chi connectivity index (χ4n) is 3.87. The number of ether oxygens (including phenoxy) is 1. The van der Waals surface area contributed by atoms with Gasteiger partial charge in [0.2, 0.25) is 5.91 Å². The molecule has 0 spiro atoms. The Hall–Kier alpha value is -2.60. The van der Waals surface area contributed by atoms with E-state index in [0.29, 0.717) is 45.0 Å². The first-order valence-electron chi connectivity index (χ1n) is 9.61. The van der Waals surface area contributed by atoms with Crippen LogP contribution < -0.4 is 0 Å². The normalized spacial score (nSPS) is 20.5. The van der Waals surface area contributed by atoms with Gasteiger partial charge in [0.15, 0.2) is 0 Å². The van der Waals surface area contributed by atoms with Crippen molar-refractivity contribution in [1.82, 2.24) is 14.4 Å². The number of amides is 2. The van der Waals surface area contributed by atoms with Crippen molar-refractivity contribution in [2.45, 2.75) is 12.8 Å². The van der Waals surface area contributed by atoms with Crippen LogP contribution in [-0.4, -0.2) is 65.6 Å². The molecule has 1 aromatic carbocycles. The van der Waals surface area contributed by atoms with Crippen LogP contribution >= 0.6 is 0 Å². The highest BCUT2D eigenvalue weighted by Gasteiger charge is 2.32. The second kappa shape index (κ2) is 7.96. The second-order valence-electron chi connectivity index (χ2n) is 7.17. The van der Waals surface area contributed by atoms with Gasteiger partial charge in [0.05, 0.1) is 19.1 Å². The van der Waals surface area contributed by atoms with Gasteiger partial charge in [0, 0.05) is 49.8 Å². The molecule has 0 aliphatic carbocycles. The Bertz CT molecular complexity index is 780. The zero-order valence-electron chi connectivity index (χ0n) is 15.4. The number of hydrogen-bond donors (Lipinski definition) is 0. The van der Waals surface area contributed by atoms with Crippen LogP contribution in [0.15, 0.2) is 48.8 Å². The van der Waals surface area contributed by atoms with Gasteiger partial charge in [-0.3, -0.25) is 9.59 Å². The van der Waals surface area contributed by atoms with Crippen LogP contribution in [0.25, 0.3) is 5.69 Å². The van der Waals surface area contributed by atoms with E-state index in [0.717, 1.165) is 18.5 Å². The molecule has 0 bridgehead atoms. The van der Waals surface area contributed by atoms with E-state index in [2.05, 4.69) is 0 Å². The lowest BCUT2D eigenvalue weighted by Gasteiger charge is -2.36. The number of aromatic nitrogens is 1. The molecule has 0 N–H and O–H groups in total. The molecule has 3 heterocycles. The highest BCUT2D eigenvalue weighted by atomic mass is 16.5. The summed E-state index contributed by atoms with van der Waals surface area (Å²) >= 11 is 0.